The molecule has 1 aromatic rings. The maximum Gasteiger partial charge on any atom is 0.0320 e. The lowest BCUT2D eigenvalue weighted by molar-refractivity contribution is 0.146. The number of likely N-dealkylation sites (tertiary alicyclic amines) is 1. The van der Waals surface area contributed by atoms with Crippen LogP contribution in [0.4, 0.5) is 0 Å². The lowest BCUT2D eigenvalue weighted by atomic mass is 10.0. The minimum atomic E-state index is 0.513. The molecule has 1 aliphatic heterocycles. The summed E-state index contributed by atoms with van der Waals surface area (Å²) in [4.78, 5) is 2.61. The zero-order valence-corrected chi connectivity index (χ0v) is 13.6. The standard InChI is InChI=1S/C16H25BrN2/c1-3-10-18-16-5-4-11-19(12-16)13(2)14-6-8-15(17)9-7-14/h6-9,13,16,18H,3-5,10-12H2,1-2H3. The van der Waals surface area contributed by atoms with Crippen LogP contribution in [0, 0.1) is 0 Å². The summed E-state index contributed by atoms with van der Waals surface area (Å²) >= 11 is 3.50. The van der Waals surface area contributed by atoms with Crippen molar-refractivity contribution in [1.82, 2.24) is 10.2 Å². The second kappa shape index (κ2) is 7.41. The van der Waals surface area contributed by atoms with Crippen molar-refractivity contribution in [3.05, 3.63) is 34.3 Å². The van der Waals surface area contributed by atoms with Gasteiger partial charge in [0, 0.05) is 23.1 Å². The lowest BCUT2D eigenvalue weighted by Crippen LogP contribution is -2.46. The van der Waals surface area contributed by atoms with Crippen LogP contribution in [0.25, 0.3) is 0 Å². The van der Waals surface area contributed by atoms with Crippen molar-refractivity contribution < 1.29 is 0 Å². The van der Waals surface area contributed by atoms with E-state index < -0.39 is 0 Å². The predicted octanol–water partition coefficient (Wildman–Crippen LogP) is 3.97. The fourth-order valence-electron chi connectivity index (χ4n) is 2.83. The van der Waals surface area contributed by atoms with E-state index >= 15 is 0 Å². The number of hydrogen-bond acceptors (Lipinski definition) is 2. The molecular weight excluding hydrogens is 300 g/mol. The van der Waals surface area contributed by atoms with Crippen LogP contribution >= 0.6 is 15.9 Å². The highest BCUT2D eigenvalue weighted by molar-refractivity contribution is 9.10. The molecule has 1 N–H and O–H groups in total. The van der Waals surface area contributed by atoms with Gasteiger partial charge in [0.25, 0.3) is 0 Å². The van der Waals surface area contributed by atoms with Crippen LogP contribution in [-0.2, 0) is 0 Å². The first-order chi connectivity index (χ1) is 9.20. The molecule has 3 heteroatoms. The lowest BCUT2D eigenvalue weighted by Gasteiger charge is -2.37. The molecule has 0 spiro atoms. The predicted molar refractivity (Wildman–Crippen MR) is 85.4 cm³/mol. The Labute approximate surface area is 125 Å². The number of benzene rings is 1. The van der Waals surface area contributed by atoms with Crippen molar-refractivity contribution in [3.63, 3.8) is 0 Å². The Hall–Kier alpha value is -0.380. The van der Waals surface area contributed by atoms with E-state index in [9.17, 15) is 0 Å². The van der Waals surface area contributed by atoms with Crippen molar-refractivity contribution in [2.75, 3.05) is 19.6 Å². The molecule has 0 aromatic heterocycles. The molecule has 1 fully saturated rings. The van der Waals surface area contributed by atoms with E-state index in [-0.39, 0.29) is 0 Å². The van der Waals surface area contributed by atoms with Gasteiger partial charge in [-0.15, -0.1) is 0 Å². The summed E-state index contributed by atoms with van der Waals surface area (Å²) in [7, 11) is 0. The second-order valence-electron chi connectivity index (χ2n) is 5.52. The summed E-state index contributed by atoms with van der Waals surface area (Å²) in [6.45, 7) is 8.10. The Morgan fingerprint density at radius 1 is 1.37 bits per heavy atom. The van der Waals surface area contributed by atoms with Gasteiger partial charge in [0.15, 0.2) is 0 Å². The molecule has 2 atom stereocenters. The first-order valence-electron chi connectivity index (χ1n) is 7.43. The largest absolute Gasteiger partial charge is 0.313 e. The van der Waals surface area contributed by atoms with Crippen molar-refractivity contribution in [2.45, 2.75) is 45.2 Å². The van der Waals surface area contributed by atoms with Crippen LogP contribution in [0.5, 0.6) is 0 Å². The van der Waals surface area contributed by atoms with Crippen molar-refractivity contribution in [2.24, 2.45) is 0 Å². The van der Waals surface area contributed by atoms with E-state index in [1.807, 2.05) is 0 Å². The molecule has 2 rings (SSSR count). The number of nitrogens with one attached hydrogen (secondary N) is 1. The summed E-state index contributed by atoms with van der Waals surface area (Å²) in [5.74, 6) is 0. The Bertz CT molecular complexity index is 377. The molecule has 19 heavy (non-hydrogen) atoms. The zero-order chi connectivity index (χ0) is 13.7. The fourth-order valence-corrected chi connectivity index (χ4v) is 3.09. The van der Waals surface area contributed by atoms with Crippen LogP contribution < -0.4 is 5.32 Å². The summed E-state index contributed by atoms with van der Waals surface area (Å²) in [5.41, 5.74) is 1.42. The average molecular weight is 325 g/mol. The number of rotatable bonds is 5. The summed E-state index contributed by atoms with van der Waals surface area (Å²) in [6.07, 6.45) is 3.85. The Balaban J connectivity index is 1.94. The quantitative estimate of drug-likeness (QED) is 0.881. The topological polar surface area (TPSA) is 15.3 Å². The molecule has 2 unspecified atom stereocenters. The third-order valence-electron chi connectivity index (χ3n) is 4.04. The normalized spacial score (nSPS) is 22.4. The van der Waals surface area contributed by atoms with Crippen molar-refractivity contribution >= 4 is 15.9 Å². The molecular formula is C16H25BrN2. The third-order valence-corrected chi connectivity index (χ3v) is 4.56. The van der Waals surface area contributed by atoms with Crippen LogP contribution in [0.15, 0.2) is 28.7 Å². The van der Waals surface area contributed by atoms with E-state index in [0.29, 0.717) is 12.1 Å². The van der Waals surface area contributed by atoms with Gasteiger partial charge in [-0.1, -0.05) is 35.0 Å². The second-order valence-corrected chi connectivity index (χ2v) is 6.43. The summed E-state index contributed by atoms with van der Waals surface area (Å²) in [5, 5.41) is 3.67. The van der Waals surface area contributed by atoms with Crippen LogP contribution in [0.2, 0.25) is 0 Å². The van der Waals surface area contributed by atoms with Gasteiger partial charge in [-0.3, -0.25) is 4.90 Å². The SMILES string of the molecule is CCCNC1CCCN(C(C)c2ccc(Br)cc2)C1. The third kappa shape index (κ3) is 4.30. The minimum Gasteiger partial charge on any atom is -0.313 e. The number of nitrogens with zero attached hydrogens (tertiary/aromatic N) is 1. The van der Waals surface area contributed by atoms with Crippen LogP contribution in [0.3, 0.4) is 0 Å². The highest BCUT2D eigenvalue weighted by Crippen LogP contribution is 2.25. The van der Waals surface area contributed by atoms with Crippen molar-refractivity contribution in [3.8, 4) is 0 Å². The van der Waals surface area contributed by atoms with E-state index in [0.717, 1.165) is 11.0 Å². The molecule has 106 valence electrons. The maximum atomic E-state index is 3.67. The smallest absolute Gasteiger partial charge is 0.0320 e. The van der Waals surface area contributed by atoms with Gasteiger partial charge in [-0.25, -0.2) is 0 Å². The summed E-state index contributed by atoms with van der Waals surface area (Å²) in [6, 6.07) is 9.94. The minimum absolute atomic E-state index is 0.513. The Kier molecular flexibility index (Phi) is 5.86. The monoisotopic (exact) mass is 324 g/mol. The van der Waals surface area contributed by atoms with E-state index in [2.05, 4.69) is 64.3 Å². The molecule has 2 nitrogen and oxygen atoms in total. The van der Waals surface area contributed by atoms with E-state index in [1.165, 1.54) is 37.9 Å². The van der Waals surface area contributed by atoms with Gasteiger partial charge in [-0.2, -0.15) is 0 Å². The van der Waals surface area contributed by atoms with Gasteiger partial charge < -0.3 is 5.32 Å². The Morgan fingerprint density at radius 3 is 2.79 bits per heavy atom. The first kappa shape index (κ1) is 15.0. The number of hydrogen-bond donors (Lipinski definition) is 1. The molecule has 1 heterocycles. The van der Waals surface area contributed by atoms with Crippen LogP contribution in [0.1, 0.15) is 44.7 Å². The number of halogens is 1. The van der Waals surface area contributed by atoms with Gasteiger partial charge in [0.2, 0.25) is 0 Å². The highest BCUT2D eigenvalue weighted by Gasteiger charge is 2.23. The van der Waals surface area contributed by atoms with Gasteiger partial charge in [0.1, 0.15) is 0 Å². The van der Waals surface area contributed by atoms with Gasteiger partial charge in [-0.05, 0) is 57.0 Å². The fraction of sp³-hybridized carbons (Fsp3) is 0.625. The van der Waals surface area contributed by atoms with Gasteiger partial charge >= 0.3 is 0 Å². The summed E-state index contributed by atoms with van der Waals surface area (Å²) < 4.78 is 1.16. The van der Waals surface area contributed by atoms with Crippen LogP contribution in [-0.4, -0.2) is 30.6 Å². The molecule has 0 aliphatic carbocycles. The highest BCUT2D eigenvalue weighted by atomic mass is 79.9. The number of piperidine rings is 1. The molecule has 1 aromatic carbocycles. The first-order valence-corrected chi connectivity index (χ1v) is 8.23. The van der Waals surface area contributed by atoms with Crippen molar-refractivity contribution in [1.29, 1.82) is 0 Å². The zero-order valence-electron chi connectivity index (χ0n) is 12.0. The molecule has 1 saturated heterocycles. The van der Waals surface area contributed by atoms with Gasteiger partial charge in [0.05, 0.1) is 0 Å². The van der Waals surface area contributed by atoms with E-state index in [4.69, 9.17) is 0 Å². The molecule has 0 radical (unpaired) electrons. The molecule has 0 amide bonds. The molecule has 0 saturated carbocycles. The molecule has 0 bridgehead atoms. The average Bonchev–Trinajstić information content (AvgIpc) is 2.45. The maximum absolute atomic E-state index is 3.67. The van der Waals surface area contributed by atoms with E-state index in [1.54, 1.807) is 0 Å². The Morgan fingerprint density at radius 2 is 2.11 bits per heavy atom. The molecule has 1 aliphatic rings.